The van der Waals surface area contributed by atoms with Gasteiger partial charge in [0, 0.05) is 30.5 Å². The molecule has 1 aromatic rings. The molecule has 0 radical (unpaired) electrons. The lowest BCUT2D eigenvalue weighted by Gasteiger charge is -2.57. The number of nitrogens with zero attached hydrogens (tertiary/aromatic N) is 2. The zero-order valence-electron chi connectivity index (χ0n) is 11.9. The first-order chi connectivity index (χ1) is 10.5. The Hall–Kier alpha value is -1.25. The Kier molecular flexibility index (Phi) is 2.81. The van der Waals surface area contributed by atoms with Crippen molar-refractivity contribution in [2.45, 2.75) is 62.5 Å². The quantitative estimate of drug-likeness (QED) is 0.794. The van der Waals surface area contributed by atoms with Crippen molar-refractivity contribution in [3.63, 3.8) is 0 Å². The van der Waals surface area contributed by atoms with Crippen LogP contribution in [0.3, 0.4) is 0 Å². The van der Waals surface area contributed by atoms with E-state index in [0.717, 1.165) is 4.68 Å². The van der Waals surface area contributed by atoms with Crippen LogP contribution in [0.15, 0.2) is 0 Å². The number of aliphatic hydroxyl groups is 1. The second kappa shape index (κ2) is 4.23. The smallest absolute Gasteiger partial charge is 0.385 e. The molecule has 0 amide bonds. The average Bonchev–Trinajstić information content (AvgIpc) is 2.82. The molecule has 2 saturated carbocycles. The van der Waals surface area contributed by atoms with Crippen LogP contribution in [0.4, 0.5) is 26.3 Å². The first-order valence-corrected chi connectivity index (χ1v) is 7.40. The predicted octanol–water partition coefficient (Wildman–Crippen LogP) is 3.58. The van der Waals surface area contributed by atoms with Gasteiger partial charge < -0.3 is 5.11 Å². The highest BCUT2D eigenvalue weighted by Gasteiger charge is 2.63. The fourth-order valence-electron chi connectivity index (χ4n) is 4.43. The van der Waals surface area contributed by atoms with Gasteiger partial charge >= 0.3 is 6.18 Å². The van der Waals surface area contributed by atoms with Gasteiger partial charge in [0.2, 0.25) is 5.92 Å². The zero-order chi connectivity index (χ0) is 16.8. The van der Waals surface area contributed by atoms with Crippen molar-refractivity contribution in [2.75, 3.05) is 0 Å². The first kappa shape index (κ1) is 15.3. The molecular formula is C14H14F6N2O. The number of alkyl halides is 6. The molecule has 3 nitrogen and oxygen atoms in total. The maximum atomic E-state index is 13.6. The van der Waals surface area contributed by atoms with Crippen molar-refractivity contribution in [3.05, 3.63) is 17.0 Å². The van der Waals surface area contributed by atoms with E-state index in [0.29, 0.717) is 12.8 Å². The summed E-state index contributed by atoms with van der Waals surface area (Å²) >= 11 is 0. The summed E-state index contributed by atoms with van der Waals surface area (Å²) in [5, 5.41) is 13.2. The van der Waals surface area contributed by atoms with E-state index >= 15 is 0 Å². The van der Waals surface area contributed by atoms with Crippen LogP contribution in [0.25, 0.3) is 0 Å². The highest BCUT2D eigenvalue weighted by atomic mass is 19.4. The lowest BCUT2D eigenvalue weighted by atomic mass is 9.52. The number of fused-ring (bicyclic) bond motifs is 1. The molecule has 3 aliphatic carbocycles. The Morgan fingerprint density at radius 2 is 1.78 bits per heavy atom. The number of aliphatic hydroxyl groups excluding tert-OH is 1. The molecule has 128 valence electrons. The lowest BCUT2D eigenvalue weighted by molar-refractivity contribution is -0.204. The molecule has 2 atom stereocenters. The van der Waals surface area contributed by atoms with Crippen molar-refractivity contribution in [2.24, 2.45) is 5.41 Å². The highest BCUT2D eigenvalue weighted by molar-refractivity contribution is 5.37. The molecule has 1 aromatic heterocycles. The summed E-state index contributed by atoms with van der Waals surface area (Å²) in [5.74, 6) is -2.69. The molecule has 0 aromatic carbocycles. The van der Waals surface area contributed by atoms with Gasteiger partial charge in [-0.3, -0.25) is 4.68 Å². The molecule has 9 heteroatoms. The van der Waals surface area contributed by atoms with Gasteiger partial charge in [-0.15, -0.1) is 0 Å². The molecule has 1 heterocycles. The maximum Gasteiger partial charge on any atom is 0.435 e. The molecule has 1 spiro atoms. The van der Waals surface area contributed by atoms with Crippen molar-refractivity contribution < 1.29 is 31.4 Å². The number of halogens is 6. The van der Waals surface area contributed by atoms with E-state index in [2.05, 4.69) is 5.10 Å². The van der Waals surface area contributed by atoms with Crippen molar-refractivity contribution in [3.8, 4) is 0 Å². The van der Waals surface area contributed by atoms with E-state index < -0.39 is 47.1 Å². The van der Waals surface area contributed by atoms with Gasteiger partial charge in [0.15, 0.2) is 5.69 Å². The van der Waals surface area contributed by atoms with Crippen LogP contribution in [-0.4, -0.2) is 27.0 Å². The fraction of sp³-hybridized carbons (Fsp3) is 0.786. The highest BCUT2D eigenvalue weighted by Crippen LogP contribution is 2.66. The van der Waals surface area contributed by atoms with Crippen LogP contribution in [0.5, 0.6) is 0 Å². The molecule has 4 rings (SSSR count). The van der Waals surface area contributed by atoms with Crippen LogP contribution < -0.4 is 0 Å². The van der Waals surface area contributed by atoms with E-state index in [1.54, 1.807) is 0 Å². The Labute approximate surface area is 127 Å². The number of rotatable bonds is 1. The summed E-state index contributed by atoms with van der Waals surface area (Å²) in [4.78, 5) is 0. The van der Waals surface area contributed by atoms with Crippen LogP contribution >= 0.6 is 0 Å². The van der Waals surface area contributed by atoms with Gasteiger partial charge in [0.05, 0.1) is 6.04 Å². The minimum atomic E-state index is -4.79. The van der Waals surface area contributed by atoms with Crippen LogP contribution in [0.2, 0.25) is 0 Å². The summed E-state index contributed by atoms with van der Waals surface area (Å²) < 4.78 is 80.0. The molecule has 2 fully saturated rings. The van der Waals surface area contributed by atoms with E-state index in [1.165, 1.54) is 0 Å². The molecular weight excluding hydrogens is 326 g/mol. The van der Waals surface area contributed by atoms with Gasteiger partial charge in [0.1, 0.15) is 12.3 Å². The first-order valence-electron chi connectivity index (χ1n) is 7.40. The average molecular weight is 340 g/mol. The minimum absolute atomic E-state index is 0.0447. The largest absolute Gasteiger partial charge is 0.435 e. The molecule has 0 bridgehead atoms. The summed E-state index contributed by atoms with van der Waals surface area (Å²) in [6.45, 7) is 0. The molecule has 3 aliphatic rings. The van der Waals surface area contributed by atoms with E-state index in [-0.39, 0.29) is 25.0 Å². The van der Waals surface area contributed by atoms with Gasteiger partial charge in [-0.05, 0) is 18.3 Å². The Balaban J connectivity index is 1.63. The Morgan fingerprint density at radius 1 is 1.17 bits per heavy atom. The standard InChI is InChI=1S/C14H14F6N2O/c15-7-1-8-9(10(7)23)11(14(18,19)20)21-22(8)6-2-12(3-6)4-13(16,17)5-12/h6-7,10,23H,1-5H2/t7-,10-/m1/s1. The number of aromatic nitrogens is 2. The summed E-state index contributed by atoms with van der Waals surface area (Å²) in [5.41, 5.74) is -2.23. The monoisotopic (exact) mass is 340 g/mol. The third kappa shape index (κ3) is 2.11. The van der Waals surface area contributed by atoms with Crippen molar-refractivity contribution in [1.29, 1.82) is 0 Å². The number of hydrogen-bond donors (Lipinski definition) is 1. The summed E-state index contributed by atoms with van der Waals surface area (Å²) in [7, 11) is 0. The second-order valence-corrected chi connectivity index (χ2v) is 7.09. The summed E-state index contributed by atoms with van der Waals surface area (Å²) in [6, 6.07) is -0.437. The molecule has 0 unspecified atom stereocenters. The number of hydrogen-bond acceptors (Lipinski definition) is 2. The summed E-state index contributed by atoms with van der Waals surface area (Å²) in [6.07, 6.45) is -8.61. The molecule has 23 heavy (non-hydrogen) atoms. The maximum absolute atomic E-state index is 13.6. The van der Waals surface area contributed by atoms with Crippen LogP contribution in [0.1, 0.15) is 54.8 Å². The topological polar surface area (TPSA) is 38.1 Å². The van der Waals surface area contributed by atoms with Crippen LogP contribution in [-0.2, 0) is 12.6 Å². The second-order valence-electron chi connectivity index (χ2n) is 7.09. The van der Waals surface area contributed by atoms with Gasteiger partial charge in [-0.1, -0.05) is 0 Å². The fourth-order valence-corrected chi connectivity index (χ4v) is 4.43. The minimum Gasteiger partial charge on any atom is -0.385 e. The normalized spacial score (nSPS) is 31.8. The van der Waals surface area contributed by atoms with Crippen molar-refractivity contribution in [1.82, 2.24) is 9.78 Å². The predicted molar refractivity (Wildman–Crippen MR) is 65.7 cm³/mol. The Bertz CT molecular complexity index is 651. The zero-order valence-corrected chi connectivity index (χ0v) is 11.9. The molecule has 0 saturated heterocycles. The van der Waals surface area contributed by atoms with E-state index in [1.807, 2.05) is 0 Å². The van der Waals surface area contributed by atoms with Crippen molar-refractivity contribution >= 4 is 0 Å². The third-order valence-electron chi connectivity index (χ3n) is 5.30. The van der Waals surface area contributed by atoms with E-state index in [9.17, 15) is 31.4 Å². The van der Waals surface area contributed by atoms with Gasteiger partial charge in [-0.2, -0.15) is 18.3 Å². The van der Waals surface area contributed by atoms with E-state index in [4.69, 9.17) is 0 Å². The van der Waals surface area contributed by atoms with Gasteiger partial charge in [-0.25, -0.2) is 13.2 Å². The van der Waals surface area contributed by atoms with Gasteiger partial charge in [0.25, 0.3) is 0 Å². The molecule has 1 N–H and O–H groups in total. The lowest BCUT2D eigenvalue weighted by Crippen LogP contribution is -2.54. The SMILES string of the molecule is O[C@H]1c2c(C(F)(F)F)nn(C3CC4(C3)CC(F)(F)C4)c2C[C@H]1F. The third-order valence-corrected chi connectivity index (χ3v) is 5.30. The Morgan fingerprint density at radius 3 is 2.30 bits per heavy atom. The van der Waals surface area contributed by atoms with Crippen LogP contribution in [0, 0.1) is 5.41 Å². The molecule has 0 aliphatic heterocycles.